The van der Waals surface area contributed by atoms with Crippen molar-refractivity contribution in [2.24, 2.45) is 4.99 Å². The number of hydrogen-bond acceptors (Lipinski definition) is 2. The van der Waals surface area contributed by atoms with E-state index in [9.17, 15) is 0 Å². The third kappa shape index (κ3) is 5.49. The van der Waals surface area contributed by atoms with Crippen molar-refractivity contribution in [2.45, 2.75) is 13.0 Å². The van der Waals surface area contributed by atoms with Crippen LogP contribution < -0.4 is 15.4 Å². The highest BCUT2D eigenvalue weighted by atomic mass is 35.5. The van der Waals surface area contributed by atoms with Crippen molar-refractivity contribution in [2.75, 3.05) is 20.7 Å². The lowest BCUT2D eigenvalue weighted by atomic mass is 10.1. The molecule has 122 valence electrons. The highest BCUT2D eigenvalue weighted by molar-refractivity contribution is 6.30. The number of hydrogen-bond donors (Lipinski definition) is 2. The highest BCUT2D eigenvalue weighted by Gasteiger charge is 2.05. The molecule has 0 aliphatic carbocycles. The SMILES string of the molecule is CN=C(NCCc1ccccc1)NCc1ccc(Cl)cc1OC. The zero-order chi connectivity index (χ0) is 16.5. The standard InChI is InChI=1S/C18H22ClN3O/c1-20-18(21-11-10-14-6-4-3-5-7-14)22-13-15-8-9-16(19)12-17(15)23-2/h3-9,12H,10-11,13H2,1-2H3,(H2,20,21,22). The first-order valence-electron chi connectivity index (χ1n) is 7.54. The number of ether oxygens (including phenoxy) is 1. The highest BCUT2D eigenvalue weighted by Crippen LogP contribution is 2.22. The van der Waals surface area contributed by atoms with Crippen LogP contribution >= 0.6 is 11.6 Å². The Morgan fingerprint density at radius 2 is 1.91 bits per heavy atom. The lowest BCUT2D eigenvalue weighted by Crippen LogP contribution is -2.37. The van der Waals surface area contributed by atoms with Crippen LogP contribution in [0.3, 0.4) is 0 Å². The first-order chi connectivity index (χ1) is 11.2. The molecule has 0 saturated heterocycles. The molecule has 0 saturated carbocycles. The van der Waals surface area contributed by atoms with Gasteiger partial charge in [-0.25, -0.2) is 0 Å². The molecule has 0 heterocycles. The first kappa shape index (κ1) is 17.2. The van der Waals surface area contributed by atoms with Gasteiger partial charge in [0.15, 0.2) is 5.96 Å². The van der Waals surface area contributed by atoms with E-state index in [4.69, 9.17) is 16.3 Å². The fourth-order valence-electron chi connectivity index (χ4n) is 2.23. The maximum absolute atomic E-state index is 5.98. The number of guanidine groups is 1. The summed E-state index contributed by atoms with van der Waals surface area (Å²) in [5.41, 5.74) is 2.33. The molecule has 5 heteroatoms. The molecule has 0 bridgehead atoms. The third-order valence-corrected chi connectivity index (χ3v) is 3.70. The van der Waals surface area contributed by atoms with Crippen LogP contribution in [-0.4, -0.2) is 26.7 Å². The van der Waals surface area contributed by atoms with E-state index in [1.54, 1.807) is 14.2 Å². The van der Waals surface area contributed by atoms with Gasteiger partial charge in [0.1, 0.15) is 5.75 Å². The number of methoxy groups -OCH3 is 1. The molecule has 0 fully saturated rings. The minimum atomic E-state index is 0.616. The number of rotatable bonds is 6. The summed E-state index contributed by atoms with van der Waals surface area (Å²) in [5.74, 6) is 1.53. The zero-order valence-electron chi connectivity index (χ0n) is 13.5. The van der Waals surface area contributed by atoms with Gasteiger partial charge >= 0.3 is 0 Å². The number of nitrogens with zero attached hydrogens (tertiary/aromatic N) is 1. The van der Waals surface area contributed by atoms with E-state index in [0.29, 0.717) is 11.6 Å². The van der Waals surface area contributed by atoms with Crippen molar-refractivity contribution in [1.29, 1.82) is 0 Å². The minimum absolute atomic E-state index is 0.616. The van der Waals surface area contributed by atoms with Crippen LogP contribution in [0.4, 0.5) is 0 Å². The quantitative estimate of drug-likeness (QED) is 0.631. The molecule has 2 aromatic carbocycles. The van der Waals surface area contributed by atoms with E-state index in [1.165, 1.54) is 5.56 Å². The van der Waals surface area contributed by atoms with E-state index in [1.807, 2.05) is 24.3 Å². The molecule has 0 aromatic heterocycles. The maximum Gasteiger partial charge on any atom is 0.191 e. The van der Waals surface area contributed by atoms with Crippen molar-refractivity contribution in [1.82, 2.24) is 10.6 Å². The van der Waals surface area contributed by atoms with Gasteiger partial charge in [-0.05, 0) is 24.1 Å². The predicted octanol–water partition coefficient (Wildman–Crippen LogP) is 3.26. The van der Waals surface area contributed by atoms with Crippen LogP contribution in [0.1, 0.15) is 11.1 Å². The van der Waals surface area contributed by atoms with Gasteiger partial charge < -0.3 is 15.4 Å². The summed E-state index contributed by atoms with van der Waals surface area (Å²) in [5, 5.41) is 7.25. The molecule has 23 heavy (non-hydrogen) atoms. The second-order valence-corrected chi connectivity index (χ2v) is 5.48. The smallest absolute Gasteiger partial charge is 0.191 e. The lowest BCUT2D eigenvalue weighted by molar-refractivity contribution is 0.409. The van der Waals surface area contributed by atoms with Crippen LogP contribution in [0, 0.1) is 0 Å². The van der Waals surface area contributed by atoms with Gasteiger partial charge in [-0.15, -0.1) is 0 Å². The first-order valence-corrected chi connectivity index (χ1v) is 7.91. The third-order valence-electron chi connectivity index (χ3n) is 3.47. The van der Waals surface area contributed by atoms with Gasteiger partial charge in [-0.3, -0.25) is 4.99 Å². The summed E-state index contributed by atoms with van der Waals surface area (Å²) < 4.78 is 5.35. The summed E-state index contributed by atoms with van der Waals surface area (Å²) in [6, 6.07) is 16.0. The number of benzene rings is 2. The van der Waals surface area contributed by atoms with Crippen LogP contribution in [-0.2, 0) is 13.0 Å². The second kappa shape index (κ2) is 9.06. The Kier molecular flexibility index (Phi) is 6.76. The average Bonchev–Trinajstić information content (AvgIpc) is 2.59. The Morgan fingerprint density at radius 1 is 1.13 bits per heavy atom. The molecule has 0 atom stereocenters. The maximum atomic E-state index is 5.98. The number of halogens is 1. The van der Waals surface area contributed by atoms with Crippen molar-refractivity contribution in [3.8, 4) is 5.75 Å². The van der Waals surface area contributed by atoms with Gasteiger partial charge in [-0.2, -0.15) is 0 Å². The molecule has 4 nitrogen and oxygen atoms in total. The number of aliphatic imine (C=N–C) groups is 1. The van der Waals surface area contributed by atoms with Crippen LogP contribution in [0.15, 0.2) is 53.5 Å². The normalized spacial score (nSPS) is 11.2. The summed E-state index contributed by atoms with van der Waals surface area (Å²) in [6.07, 6.45) is 0.950. The van der Waals surface area contributed by atoms with Crippen LogP contribution in [0.5, 0.6) is 5.75 Å². The second-order valence-electron chi connectivity index (χ2n) is 5.04. The Bertz CT molecular complexity index is 644. The average molecular weight is 332 g/mol. The molecule has 2 aromatic rings. The van der Waals surface area contributed by atoms with Crippen molar-refractivity contribution in [3.63, 3.8) is 0 Å². The Labute approximate surface area is 142 Å². The van der Waals surface area contributed by atoms with E-state index >= 15 is 0 Å². The van der Waals surface area contributed by atoms with E-state index in [2.05, 4.69) is 39.9 Å². The lowest BCUT2D eigenvalue weighted by Gasteiger charge is -2.14. The van der Waals surface area contributed by atoms with Crippen molar-refractivity contribution >= 4 is 17.6 Å². The molecule has 0 spiro atoms. The molecule has 0 aliphatic heterocycles. The van der Waals surface area contributed by atoms with E-state index < -0.39 is 0 Å². The van der Waals surface area contributed by atoms with Gasteiger partial charge in [0.25, 0.3) is 0 Å². The molecule has 0 amide bonds. The molecule has 2 rings (SSSR count). The largest absolute Gasteiger partial charge is 0.496 e. The fraction of sp³-hybridized carbons (Fsp3) is 0.278. The molecule has 0 aliphatic rings. The predicted molar refractivity (Wildman–Crippen MR) is 96.4 cm³/mol. The van der Waals surface area contributed by atoms with Crippen LogP contribution in [0.25, 0.3) is 0 Å². The van der Waals surface area contributed by atoms with Crippen LogP contribution in [0.2, 0.25) is 5.02 Å². The van der Waals surface area contributed by atoms with E-state index in [0.717, 1.165) is 30.2 Å². The monoisotopic (exact) mass is 331 g/mol. The fourth-order valence-corrected chi connectivity index (χ4v) is 2.40. The van der Waals surface area contributed by atoms with Gasteiger partial charge in [0, 0.05) is 30.7 Å². The minimum Gasteiger partial charge on any atom is -0.496 e. The summed E-state index contributed by atoms with van der Waals surface area (Å²) >= 11 is 5.98. The molecular formula is C18H22ClN3O. The van der Waals surface area contributed by atoms with Crippen molar-refractivity contribution < 1.29 is 4.74 Å². The van der Waals surface area contributed by atoms with E-state index in [-0.39, 0.29) is 0 Å². The Hall–Kier alpha value is -2.20. The number of nitrogens with one attached hydrogen (secondary N) is 2. The summed E-state index contributed by atoms with van der Waals surface area (Å²) in [7, 11) is 3.40. The zero-order valence-corrected chi connectivity index (χ0v) is 14.2. The van der Waals surface area contributed by atoms with Gasteiger partial charge in [0.2, 0.25) is 0 Å². The molecular weight excluding hydrogens is 310 g/mol. The van der Waals surface area contributed by atoms with Gasteiger partial charge in [0.05, 0.1) is 7.11 Å². The molecule has 0 radical (unpaired) electrons. The summed E-state index contributed by atoms with van der Waals surface area (Å²) in [6.45, 7) is 1.44. The molecule has 2 N–H and O–H groups in total. The Morgan fingerprint density at radius 3 is 2.61 bits per heavy atom. The topological polar surface area (TPSA) is 45.7 Å². The Balaban J connectivity index is 1.83. The van der Waals surface area contributed by atoms with Crippen molar-refractivity contribution in [3.05, 3.63) is 64.7 Å². The van der Waals surface area contributed by atoms with Gasteiger partial charge in [-0.1, -0.05) is 48.0 Å². The molecule has 0 unspecified atom stereocenters. The summed E-state index contributed by atoms with van der Waals surface area (Å²) in [4.78, 5) is 4.23.